The van der Waals surface area contributed by atoms with Crippen molar-refractivity contribution in [3.63, 3.8) is 0 Å². The van der Waals surface area contributed by atoms with Crippen LogP contribution in [0.15, 0.2) is 0 Å². The van der Waals surface area contributed by atoms with Crippen LogP contribution in [0.4, 0.5) is 0 Å². The van der Waals surface area contributed by atoms with Crippen LogP contribution in [-0.4, -0.2) is 17.5 Å². The molecule has 0 spiro atoms. The van der Waals surface area contributed by atoms with Crippen LogP contribution in [0, 0.1) is 41.3 Å². The van der Waals surface area contributed by atoms with Gasteiger partial charge in [-0.2, -0.15) is 0 Å². The fraction of sp³-hybridized carbons (Fsp3) is 0. The molecule has 35 valence electrons. The van der Waals surface area contributed by atoms with Crippen molar-refractivity contribution >= 4 is 10.4 Å². The van der Waals surface area contributed by atoms with E-state index in [4.69, 9.17) is 17.5 Å². The summed E-state index contributed by atoms with van der Waals surface area (Å²) in [5.41, 5.74) is 0. The van der Waals surface area contributed by atoms with E-state index in [1.165, 1.54) is 0 Å². The Balaban J connectivity index is 0. The molecule has 0 unspecified atom stereocenters. The van der Waals surface area contributed by atoms with Crippen molar-refractivity contribution in [3.05, 3.63) is 0 Å². The molecule has 0 rings (SSSR count). The van der Waals surface area contributed by atoms with Crippen molar-refractivity contribution in [2.45, 2.75) is 0 Å². The van der Waals surface area contributed by atoms with Gasteiger partial charge in [0.25, 0.3) is 0 Å². The van der Waals surface area contributed by atoms with Gasteiger partial charge in [0.05, 0.1) is 0 Å². The Hall–Kier alpha value is 1.23. The van der Waals surface area contributed by atoms with Crippen molar-refractivity contribution in [1.82, 2.24) is 0 Å². The first-order valence-electron chi connectivity index (χ1n) is 0.683. The Morgan fingerprint density at radius 1 is 1.50 bits per heavy atom. The summed E-state index contributed by atoms with van der Waals surface area (Å²) in [6, 6.07) is 0. The molecule has 0 aliphatic heterocycles. The summed E-state index contributed by atoms with van der Waals surface area (Å²) in [5.74, 6) is 0. The molecule has 1 N–H and O–H groups in total. The molecule has 1 radical (unpaired) electrons. The minimum Gasteiger partial charge on any atom is -0.726 e. The van der Waals surface area contributed by atoms with E-state index in [0.717, 1.165) is 0 Å². The van der Waals surface area contributed by atoms with E-state index in [0.29, 0.717) is 0 Å². The molecular weight excluding hydrogens is 237 g/mol. The molecule has 0 fully saturated rings. The largest absolute Gasteiger partial charge is 0.726 e. The predicted molar refractivity (Wildman–Crippen MR) is 12.3 cm³/mol. The molecule has 0 saturated heterocycles. The number of rotatable bonds is 0. The summed E-state index contributed by atoms with van der Waals surface area (Å²) in [5, 5.41) is 0. The van der Waals surface area contributed by atoms with Gasteiger partial charge in [-0.05, 0) is 0 Å². The maximum atomic E-state index is 8.63. The van der Waals surface area contributed by atoms with Gasteiger partial charge in [0.15, 0.2) is 0 Å². The molecule has 0 atom stereocenters. The third kappa shape index (κ3) is 61.6. The van der Waals surface area contributed by atoms with Crippen LogP contribution in [-0.2, 0) is 10.4 Å². The van der Waals surface area contributed by atoms with Gasteiger partial charge in [-0.25, -0.2) is 8.42 Å². The van der Waals surface area contributed by atoms with Crippen molar-refractivity contribution in [3.8, 4) is 0 Å². The second-order valence-corrected chi connectivity index (χ2v) is 1.28. The average molecular weight is 238 g/mol. The minimum absolute atomic E-state index is 0. The molecule has 0 bridgehead atoms. The van der Waals surface area contributed by atoms with Gasteiger partial charge in [0, 0.05) is 41.3 Å². The fourth-order valence-corrected chi connectivity index (χ4v) is 0. The summed E-state index contributed by atoms with van der Waals surface area (Å²) in [4.78, 5) is 0. The van der Waals surface area contributed by atoms with Crippen LogP contribution < -0.4 is 0 Å². The van der Waals surface area contributed by atoms with E-state index in [-0.39, 0.29) is 41.3 Å². The van der Waals surface area contributed by atoms with Crippen LogP contribution in [0.3, 0.4) is 0 Å². The minimum atomic E-state index is -4.92. The molecule has 0 aliphatic rings. The molecule has 6 heavy (non-hydrogen) atoms. The van der Waals surface area contributed by atoms with Crippen LogP contribution in [0.25, 0.3) is 0 Å². The van der Waals surface area contributed by atoms with E-state index < -0.39 is 10.4 Å². The second-order valence-electron chi connectivity index (χ2n) is 0.428. The topological polar surface area (TPSA) is 77.4 Å². The third-order valence-electron chi connectivity index (χ3n) is 0. The van der Waals surface area contributed by atoms with Crippen molar-refractivity contribution in [2.24, 2.45) is 0 Å². The van der Waals surface area contributed by atoms with Crippen molar-refractivity contribution < 1.29 is 58.8 Å². The first-order valence-corrected chi connectivity index (χ1v) is 2.05. The first kappa shape index (κ1) is 10.3. The van der Waals surface area contributed by atoms with Gasteiger partial charge >= 0.3 is 0 Å². The SMILES string of the molecule is O=S(=O)([O-])O.[Pr]. The zero-order valence-electron chi connectivity index (χ0n) is 2.66. The standard InChI is InChI=1S/H2O4S.Pr/c1-5(2,3)4;/h(H2,1,2,3,4);/p-1. The van der Waals surface area contributed by atoms with Gasteiger partial charge < -0.3 is 4.55 Å². The van der Waals surface area contributed by atoms with E-state index in [1.54, 1.807) is 0 Å². The van der Waals surface area contributed by atoms with Gasteiger partial charge in [0.1, 0.15) is 0 Å². The molecule has 4 nitrogen and oxygen atoms in total. The summed E-state index contributed by atoms with van der Waals surface area (Å²) in [6.07, 6.45) is 0. The molecule has 6 heteroatoms. The van der Waals surface area contributed by atoms with Crippen LogP contribution in [0.5, 0.6) is 0 Å². The molecule has 0 heterocycles. The summed E-state index contributed by atoms with van der Waals surface area (Å²) < 4.78 is 32.8. The van der Waals surface area contributed by atoms with Gasteiger partial charge in [-0.3, -0.25) is 4.55 Å². The molecule has 0 aromatic carbocycles. The molecule has 0 aliphatic carbocycles. The van der Waals surface area contributed by atoms with E-state index >= 15 is 0 Å². The second kappa shape index (κ2) is 3.26. The zero-order valence-corrected chi connectivity index (χ0v) is 7.18. The zero-order chi connectivity index (χ0) is 4.50. The number of hydrogen-bond acceptors (Lipinski definition) is 3. The fourth-order valence-electron chi connectivity index (χ4n) is 0. The summed E-state index contributed by atoms with van der Waals surface area (Å²) in [6.45, 7) is 0. The Labute approximate surface area is 68.5 Å². The Morgan fingerprint density at radius 3 is 1.50 bits per heavy atom. The van der Waals surface area contributed by atoms with Gasteiger partial charge in [-0.15, -0.1) is 0 Å². The van der Waals surface area contributed by atoms with E-state index in [9.17, 15) is 0 Å². The summed E-state index contributed by atoms with van der Waals surface area (Å²) in [7, 11) is -4.92. The van der Waals surface area contributed by atoms with Crippen LogP contribution in [0.1, 0.15) is 0 Å². The number of hydrogen-bond donors (Lipinski definition) is 1. The summed E-state index contributed by atoms with van der Waals surface area (Å²) >= 11 is 0. The van der Waals surface area contributed by atoms with Gasteiger partial charge in [-0.1, -0.05) is 0 Å². The quantitative estimate of drug-likeness (QED) is 0.434. The average Bonchev–Trinajstić information content (AvgIpc) is 0.722. The van der Waals surface area contributed by atoms with Gasteiger partial charge in [0.2, 0.25) is 10.4 Å². The Morgan fingerprint density at radius 2 is 1.50 bits per heavy atom. The smallest absolute Gasteiger partial charge is 0.215 e. The normalized spacial score (nSPS) is 9.67. The maximum absolute atomic E-state index is 8.63. The van der Waals surface area contributed by atoms with Crippen molar-refractivity contribution in [1.29, 1.82) is 0 Å². The Bertz CT molecular complexity index is 90.7. The van der Waals surface area contributed by atoms with E-state index in [2.05, 4.69) is 0 Å². The first-order chi connectivity index (χ1) is 2.00. The van der Waals surface area contributed by atoms with E-state index in [1.807, 2.05) is 0 Å². The van der Waals surface area contributed by atoms with Crippen molar-refractivity contribution in [2.75, 3.05) is 0 Å². The van der Waals surface area contributed by atoms with Crippen LogP contribution in [0.2, 0.25) is 0 Å². The molecule has 0 aromatic rings. The molecule has 0 saturated carbocycles. The molecular formula is HO4PrS-. The maximum Gasteiger partial charge on any atom is 0.215 e. The molecule has 0 aromatic heterocycles. The Kier molecular flexibility index (Phi) is 5.58. The third-order valence-corrected chi connectivity index (χ3v) is 0. The molecule has 0 amide bonds. The predicted octanol–water partition coefficient (Wildman–Crippen LogP) is -0.995. The monoisotopic (exact) mass is 238 g/mol. The van der Waals surface area contributed by atoms with Crippen LogP contribution >= 0.6 is 0 Å².